The van der Waals surface area contributed by atoms with Gasteiger partial charge in [0, 0.05) is 32.4 Å². The van der Waals surface area contributed by atoms with Crippen LogP contribution in [0.15, 0.2) is 36.7 Å². The normalized spacial score (nSPS) is 12.5. The molecule has 5 heteroatoms. The highest BCUT2D eigenvalue weighted by molar-refractivity contribution is 5.80. The molecule has 118 valence electrons. The number of likely N-dealkylation sites (N-methyl/N-ethyl adjacent to an activating group) is 2. The fourth-order valence-electron chi connectivity index (χ4n) is 2.34. The van der Waals surface area contributed by atoms with E-state index < -0.39 is 0 Å². The Kier molecular flexibility index (Phi) is 4.98. The van der Waals surface area contributed by atoms with Crippen LogP contribution in [-0.2, 0) is 11.3 Å². The van der Waals surface area contributed by atoms with Crippen molar-refractivity contribution in [1.82, 2.24) is 19.6 Å². The summed E-state index contributed by atoms with van der Waals surface area (Å²) in [5.74, 6) is 0.105. The third-order valence-electron chi connectivity index (χ3n) is 3.79. The number of aryl methyl sites for hydroxylation is 1. The predicted molar refractivity (Wildman–Crippen MR) is 87.9 cm³/mol. The molecule has 5 nitrogen and oxygen atoms in total. The van der Waals surface area contributed by atoms with Crippen LogP contribution in [0, 0.1) is 6.92 Å². The van der Waals surface area contributed by atoms with Gasteiger partial charge in [-0.05, 0) is 38.6 Å². The maximum atomic E-state index is 12.0. The molecule has 1 aromatic carbocycles. The quantitative estimate of drug-likeness (QED) is 0.849. The van der Waals surface area contributed by atoms with Gasteiger partial charge < -0.3 is 4.90 Å². The summed E-state index contributed by atoms with van der Waals surface area (Å²) in [7, 11) is 5.51. The lowest BCUT2D eigenvalue weighted by atomic mass is 10.2. The van der Waals surface area contributed by atoms with Gasteiger partial charge in [-0.2, -0.15) is 5.10 Å². The lowest BCUT2D eigenvalue weighted by molar-refractivity contribution is -0.133. The van der Waals surface area contributed by atoms with Crippen LogP contribution in [0.4, 0.5) is 0 Å². The van der Waals surface area contributed by atoms with E-state index in [1.807, 2.05) is 48.1 Å². The Morgan fingerprint density at radius 1 is 1.32 bits per heavy atom. The molecule has 22 heavy (non-hydrogen) atoms. The summed E-state index contributed by atoms with van der Waals surface area (Å²) < 4.78 is 1.87. The molecule has 0 aliphatic rings. The minimum atomic E-state index is -0.155. The third kappa shape index (κ3) is 3.74. The fraction of sp³-hybridized carbons (Fsp3) is 0.412. The van der Waals surface area contributed by atoms with Gasteiger partial charge in [-0.15, -0.1) is 0 Å². The summed E-state index contributed by atoms with van der Waals surface area (Å²) in [5, 5.41) is 4.41. The van der Waals surface area contributed by atoms with Crippen LogP contribution in [0.1, 0.15) is 18.1 Å². The molecule has 0 radical (unpaired) electrons. The summed E-state index contributed by atoms with van der Waals surface area (Å²) in [4.78, 5) is 15.7. The van der Waals surface area contributed by atoms with Crippen molar-refractivity contribution >= 4 is 5.91 Å². The van der Waals surface area contributed by atoms with Gasteiger partial charge in [-0.3, -0.25) is 9.69 Å². The minimum absolute atomic E-state index is 0.105. The number of carbonyl (C=O) groups is 1. The van der Waals surface area contributed by atoms with Crippen LogP contribution in [0.5, 0.6) is 0 Å². The van der Waals surface area contributed by atoms with Crippen LogP contribution in [0.2, 0.25) is 0 Å². The molecule has 1 heterocycles. The van der Waals surface area contributed by atoms with Gasteiger partial charge in [-0.25, -0.2) is 4.68 Å². The summed E-state index contributed by atoms with van der Waals surface area (Å²) in [5.41, 5.74) is 3.34. The van der Waals surface area contributed by atoms with E-state index in [1.165, 1.54) is 5.56 Å². The van der Waals surface area contributed by atoms with Crippen LogP contribution in [0.25, 0.3) is 5.69 Å². The average Bonchev–Trinajstić information content (AvgIpc) is 2.94. The molecule has 1 atom stereocenters. The monoisotopic (exact) mass is 300 g/mol. The lowest BCUT2D eigenvalue weighted by Gasteiger charge is -2.25. The van der Waals surface area contributed by atoms with Crippen molar-refractivity contribution in [3.05, 3.63) is 47.8 Å². The topological polar surface area (TPSA) is 41.4 Å². The van der Waals surface area contributed by atoms with Crippen molar-refractivity contribution in [2.45, 2.75) is 26.4 Å². The van der Waals surface area contributed by atoms with Gasteiger partial charge in [0.05, 0.1) is 17.9 Å². The molecule has 0 aliphatic heterocycles. The first-order chi connectivity index (χ1) is 10.4. The molecular formula is C17H24N4O. The largest absolute Gasteiger partial charge is 0.347 e. The first-order valence-corrected chi connectivity index (χ1v) is 7.40. The van der Waals surface area contributed by atoms with E-state index in [1.54, 1.807) is 19.0 Å². The summed E-state index contributed by atoms with van der Waals surface area (Å²) in [6.45, 7) is 4.68. The van der Waals surface area contributed by atoms with E-state index in [9.17, 15) is 4.79 Å². The van der Waals surface area contributed by atoms with Gasteiger partial charge in [0.25, 0.3) is 0 Å². The molecular weight excluding hydrogens is 276 g/mol. The van der Waals surface area contributed by atoms with E-state index in [0.717, 1.165) is 11.3 Å². The Balaban J connectivity index is 2.07. The molecule has 2 aromatic rings. The third-order valence-corrected chi connectivity index (χ3v) is 3.79. The molecule has 0 N–H and O–H groups in total. The van der Waals surface area contributed by atoms with Crippen molar-refractivity contribution in [2.24, 2.45) is 0 Å². The number of nitrogens with zero attached hydrogens (tertiary/aromatic N) is 4. The molecule has 0 bridgehead atoms. The Hall–Kier alpha value is -2.14. The molecule has 0 spiro atoms. The van der Waals surface area contributed by atoms with Crippen molar-refractivity contribution in [3.8, 4) is 5.69 Å². The zero-order chi connectivity index (χ0) is 16.3. The summed E-state index contributed by atoms with van der Waals surface area (Å²) in [6.07, 6.45) is 3.86. The van der Waals surface area contributed by atoms with Crippen molar-refractivity contribution in [1.29, 1.82) is 0 Å². The molecule has 1 aromatic heterocycles. The van der Waals surface area contributed by atoms with E-state index in [4.69, 9.17) is 0 Å². The van der Waals surface area contributed by atoms with Crippen molar-refractivity contribution in [2.75, 3.05) is 21.1 Å². The van der Waals surface area contributed by atoms with E-state index in [2.05, 4.69) is 24.2 Å². The van der Waals surface area contributed by atoms with Crippen LogP contribution >= 0.6 is 0 Å². The molecule has 0 aliphatic carbocycles. The second-order valence-corrected chi connectivity index (χ2v) is 5.96. The second-order valence-electron chi connectivity index (χ2n) is 5.96. The van der Waals surface area contributed by atoms with Gasteiger partial charge in [-0.1, -0.05) is 12.1 Å². The van der Waals surface area contributed by atoms with Gasteiger partial charge in [0.1, 0.15) is 0 Å². The predicted octanol–water partition coefficient (Wildman–Crippen LogP) is 2.09. The van der Waals surface area contributed by atoms with Crippen molar-refractivity contribution < 1.29 is 4.79 Å². The standard InChI is InChI=1S/C17H24N4O/c1-13-7-6-8-16(9-13)21-12-15(10-18-21)11-20(5)14(2)17(22)19(3)4/h6-10,12,14H,11H2,1-5H3/t14-/m0/s1. The number of aromatic nitrogens is 2. The van der Waals surface area contributed by atoms with Gasteiger partial charge in [0.15, 0.2) is 0 Å². The maximum Gasteiger partial charge on any atom is 0.239 e. The number of hydrogen-bond donors (Lipinski definition) is 0. The molecule has 2 rings (SSSR count). The number of amides is 1. The average molecular weight is 300 g/mol. The fourth-order valence-corrected chi connectivity index (χ4v) is 2.34. The van der Waals surface area contributed by atoms with Crippen LogP contribution in [-0.4, -0.2) is 52.7 Å². The molecule has 1 amide bonds. The maximum absolute atomic E-state index is 12.0. The first-order valence-electron chi connectivity index (χ1n) is 7.40. The Labute approximate surface area is 132 Å². The first kappa shape index (κ1) is 16.2. The molecule has 0 unspecified atom stereocenters. The number of carbonyl (C=O) groups excluding carboxylic acids is 1. The Bertz CT molecular complexity index is 648. The van der Waals surface area contributed by atoms with Crippen LogP contribution in [0.3, 0.4) is 0 Å². The highest BCUT2D eigenvalue weighted by atomic mass is 16.2. The highest BCUT2D eigenvalue weighted by Gasteiger charge is 2.20. The summed E-state index contributed by atoms with van der Waals surface area (Å²) in [6, 6.07) is 8.06. The number of rotatable bonds is 5. The SMILES string of the molecule is Cc1cccc(-n2cc(CN(C)[C@@H](C)C(=O)N(C)C)cn2)c1. The molecule has 0 saturated heterocycles. The lowest BCUT2D eigenvalue weighted by Crippen LogP contribution is -2.42. The smallest absolute Gasteiger partial charge is 0.239 e. The minimum Gasteiger partial charge on any atom is -0.347 e. The zero-order valence-corrected chi connectivity index (χ0v) is 13.9. The van der Waals surface area contributed by atoms with Gasteiger partial charge >= 0.3 is 0 Å². The molecule has 0 fully saturated rings. The van der Waals surface area contributed by atoms with E-state index >= 15 is 0 Å². The number of hydrogen-bond acceptors (Lipinski definition) is 3. The number of benzene rings is 1. The van der Waals surface area contributed by atoms with Crippen LogP contribution < -0.4 is 0 Å². The Morgan fingerprint density at radius 2 is 2.05 bits per heavy atom. The van der Waals surface area contributed by atoms with E-state index in [0.29, 0.717) is 6.54 Å². The van der Waals surface area contributed by atoms with Gasteiger partial charge in [0.2, 0.25) is 5.91 Å². The Morgan fingerprint density at radius 3 is 2.68 bits per heavy atom. The summed E-state index contributed by atoms with van der Waals surface area (Å²) >= 11 is 0. The highest BCUT2D eigenvalue weighted by Crippen LogP contribution is 2.12. The zero-order valence-electron chi connectivity index (χ0n) is 13.9. The second kappa shape index (κ2) is 6.75. The van der Waals surface area contributed by atoms with Crippen molar-refractivity contribution in [3.63, 3.8) is 0 Å². The van der Waals surface area contributed by atoms with E-state index in [-0.39, 0.29) is 11.9 Å². The molecule has 0 saturated carbocycles.